The van der Waals surface area contributed by atoms with Crippen LogP contribution in [0.5, 0.6) is 0 Å². The van der Waals surface area contributed by atoms with E-state index in [9.17, 15) is 47.6 Å². The number of aliphatic hydroxyl groups excluding tert-OH is 2. The van der Waals surface area contributed by atoms with Crippen LogP contribution in [0, 0.1) is 0 Å². The second-order valence-electron chi connectivity index (χ2n) is 4.44. The van der Waals surface area contributed by atoms with Gasteiger partial charge in [-0.15, -0.1) is 0 Å². The van der Waals surface area contributed by atoms with Crippen LogP contribution in [0.4, 0.5) is 0 Å². The van der Waals surface area contributed by atoms with E-state index in [1.54, 1.807) is 0 Å². The fraction of sp³-hybridized carbons (Fsp3) is 0.500. The third kappa shape index (κ3) is 16.5. The number of allylic oxidation sites excluding steroid dienone is 2. The van der Waals surface area contributed by atoms with E-state index in [0.29, 0.717) is 0 Å². The first kappa shape index (κ1) is 39.6. The van der Waals surface area contributed by atoms with Crippen molar-refractivity contribution in [3.05, 3.63) is 24.7 Å². The van der Waals surface area contributed by atoms with Crippen LogP contribution in [0.2, 0.25) is 0 Å². The average molecular weight is 485 g/mol. The number of hydrogen-bond acceptors (Lipinski definition) is 14. The Morgan fingerprint density at radius 1 is 0.690 bits per heavy atom. The maximum absolute atomic E-state index is 10.7. The molecular formula is C8H14Be3O14P4. The summed E-state index contributed by atoms with van der Waals surface area (Å²) in [6, 6.07) is 0. The molecule has 0 aromatic heterocycles. The Labute approximate surface area is 177 Å². The van der Waals surface area contributed by atoms with Crippen LogP contribution in [0.1, 0.15) is 13.8 Å². The molecule has 0 aromatic rings. The Balaban J connectivity index is -0.000000120. The maximum atomic E-state index is 10.7. The van der Waals surface area contributed by atoms with E-state index in [1.165, 1.54) is 0 Å². The number of hydrogen-bond donors (Lipinski definition) is 2. The minimum absolute atomic E-state index is 0. The molecular weight excluding hydrogens is 471 g/mol. The molecule has 0 aliphatic rings. The quantitative estimate of drug-likeness (QED) is 0.186. The van der Waals surface area contributed by atoms with Crippen molar-refractivity contribution in [3.8, 4) is 0 Å². The second-order valence-corrected chi connectivity index (χ2v) is 11.9. The summed E-state index contributed by atoms with van der Waals surface area (Å²) in [6.07, 6.45) is 0. The normalized spacial score (nSPS) is 16.9. The van der Waals surface area contributed by atoms with E-state index < -0.39 is 41.6 Å². The van der Waals surface area contributed by atoms with Gasteiger partial charge in [-0.05, 0) is 29.0 Å². The summed E-state index contributed by atoms with van der Waals surface area (Å²) >= 11 is 0. The first-order chi connectivity index (χ1) is 11.1. The van der Waals surface area contributed by atoms with E-state index in [4.69, 9.17) is 10.2 Å². The van der Waals surface area contributed by atoms with Crippen molar-refractivity contribution in [1.82, 2.24) is 0 Å². The molecule has 0 saturated heterocycles. The SMILES string of the molecule is C=C(C)OP(=O)([O-])C(O)P(=O)([O-])[O-].C=C(C)OP(=O)([O-])C(O)P(=O)([O-])[O-].[Be+2].[Be+2].[Be+2]. The molecule has 29 heavy (non-hydrogen) atoms. The van der Waals surface area contributed by atoms with Crippen LogP contribution in [0.15, 0.2) is 24.7 Å². The first-order valence-electron chi connectivity index (χ1n) is 5.86. The van der Waals surface area contributed by atoms with Gasteiger partial charge in [-0.3, -0.25) is 9.13 Å². The van der Waals surface area contributed by atoms with E-state index in [1.807, 2.05) is 0 Å². The van der Waals surface area contributed by atoms with Gasteiger partial charge in [0.05, 0.1) is 11.5 Å². The summed E-state index contributed by atoms with van der Waals surface area (Å²) in [4.78, 5) is 61.8. The third-order valence-corrected chi connectivity index (χ3v) is 8.49. The summed E-state index contributed by atoms with van der Waals surface area (Å²) in [6.45, 7) is 8.26. The first-order valence-corrected chi connectivity index (χ1v) is 12.3. The van der Waals surface area contributed by atoms with Gasteiger partial charge < -0.3 is 57.8 Å². The molecule has 0 aromatic carbocycles. The summed E-state index contributed by atoms with van der Waals surface area (Å²) in [5.74, 6) is -0.684. The molecule has 0 radical (unpaired) electrons. The van der Waals surface area contributed by atoms with Gasteiger partial charge in [0.25, 0.3) is 0 Å². The molecule has 0 heterocycles. The molecule has 0 saturated carbocycles. The van der Waals surface area contributed by atoms with Crippen molar-refractivity contribution >= 4 is 60.7 Å². The van der Waals surface area contributed by atoms with Gasteiger partial charge in [-0.2, -0.15) is 0 Å². The zero-order valence-electron chi connectivity index (χ0n) is 15.3. The Kier molecular flexibility index (Phi) is 19.5. The van der Waals surface area contributed by atoms with Crippen LogP contribution in [0.3, 0.4) is 0 Å². The molecule has 0 aliphatic heterocycles. The predicted octanol–water partition coefficient (Wildman–Crippen LogP) is -4.58. The largest absolute Gasteiger partial charge is 2.00 e. The van der Waals surface area contributed by atoms with E-state index in [2.05, 4.69) is 22.2 Å². The minimum Gasteiger partial charge on any atom is -0.809 e. The van der Waals surface area contributed by atoms with Crippen LogP contribution in [-0.4, -0.2) is 51.7 Å². The molecule has 0 aliphatic carbocycles. The number of aliphatic hydroxyl groups is 2. The topological polar surface area (TPSA) is 266 Å². The van der Waals surface area contributed by atoms with Crippen molar-refractivity contribution in [2.24, 2.45) is 0 Å². The molecule has 0 rings (SSSR count). The van der Waals surface area contributed by atoms with Gasteiger partial charge in [-0.25, -0.2) is 0 Å². The molecule has 0 bridgehead atoms. The molecule has 14 nitrogen and oxygen atoms in total. The molecule has 0 fully saturated rings. The van der Waals surface area contributed by atoms with E-state index in [-0.39, 0.29) is 41.9 Å². The maximum Gasteiger partial charge on any atom is 2.00 e. The molecule has 4 unspecified atom stereocenters. The van der Waals surface area contributed by atoms with Gasteiger partial charge in [0.1, 0.15) is 0 Å². The van der Waals surface area contributed by atoms with Crippen LogP contribution in [0.25, 0.3) is 0 Å². The fourth-order valence-corrected chi connectivity index (χ4v) is 4.99. The van der Waals surface area contributed by atoms with Crippen molar-refractivity contribution in [2.45, 2.75) is 25.0 Å². The Morgan fingerprint density at radius 3 is 0.966 bits per heavy atom. The van der Waals surface area contributed by atoms with Gasteiger partial charge in [0.15, 0.2) is 11.2 Å². The standard InChI is InChI=1S/2C4H10O7P2.3Be/c2*1-3(2)11-13(9,10)4(5)12(6,7)8;;;/h2*4-5H,1H2,2H3,(H,9,10)(H2,6,7,8);;;/q;;3*+2/p-6. The van der Waals surface area contributed by atoms with Gasteiger partial charge in [0.2, 0.25) is 15.2 Å². The minimum atomic E-state index is -5.62. The monoisotopic (exact) mass is 485 g/mol. The Morgan fingerprint density at radius 2 is 0.862 bits per heavy atom. The zero-order chi connectivity index (χ0) is 21.7. The van der Waals surface area contributed by atoms with Gasteiger partial charge in [-0.1, -0.05) is 13.2 Å². The van der Waals surface area contributed by atoms with E-state index >= 15 is 0 Å². The molecule has 2 N–H and O–H groups in total. The molecule has 0 amide bonds. The average Bonchev–Trinajstić information content (AvgIpc) is 2.32. The van der Waals surface area contributed by atoms with Crippen molar-refractivity contribution in [1.29, 1.82) is 0 Å². The van der Waals surface area contributed by atoms with Crippen LogP contribution < -0.4 is 29.4 Å². The van der Waals surface area contributed by atoms with E-state index in [0.717, 1.165) is 13.8 Å². The van der Waals surface area contributed by atoms with Crippen molar-refractivity contribution in [2.75, 3.05) is 0 Å². The summed E-state index contributed by atoms with van der Waals surface area (Å²) in [5.41, 5.74) is -6.15. The van der Waals surface area contributed by atoms with Crippen LogP contribution in [-0.2, 0) is 27.3 Å². The molecule has 156 valence electrons. The van der Waals surface area contributed by atoms with Crippen molar-refractivity contribution < 1.29 is 66.9 Å². The molecule has 0 spiro atoms. The Hall–Kier alpha value is 0.186. The molecule has 4 atom stereocenters. The second kappa shape index (κ2) is 14.3. The summed E-state index contributed by atoms with van der Waals surface area (Å²) in [5, 5.41) is 17.1. The smallest absolute Gasteiger partial charge is 0.809 e. The van der Waals surface area contributed by atoms with Gasteiger partial charge in [0, 0.05) is 0 Å². The Bertz CT molecular complexity index is 656. The number of rotatable bonds is 8. The third-order valence-electron chi connectivity index (χ3n) is 1.70. The summed E-state index contributed by atoms with van der Waals surface area (Å²) < 4.78 is 49.4. The van der Waals surface area contributed by atoms with Gasteiger partial charge >= 0.3 is 30.4 Å². The molecule has 21 heteroatoms. The summed E-state index contributed by atoms with van der Waals surface area (Å²) in [7, 11) is -21.5. The van der Waals surface area contributed by atoms with Crippen molar-refractivity contribution in [3.63, 3.8) is 0 Å². The fourth-order valence-electron chi connectivity index (χ4n) is 0.875. The van der Waals surface area contributed by atoms with Crippen LogP contribution >= 0.6 is 30.4 Å². The predicted molar refractivity (Wildman–Crippen MR) is 91.5 cm³/mol. The zero-order valence-corrected chi connectivity index (χ0v) is 18.9.